The number of carboxylic acids is 2. The van der Waals surface area contributed by atoms with Crippen LogP contribution in [-0.4, -0.2) is 86.7 Å². The second-order valence-corrected chi connectivity index (χ2v) is 10.3. The van der Waals surface area contributed by atoms with Crippen molar-refractivity contribution in [2.45, 2.75) is 50.9 Å². The molecular weight excluding hydrogens is 552 g/mol. The molecule has 14 heteroatoms. The third-order valence-corrected chi connectivity index (χ3v) is 6.03. The zero-order valence-electron chi connectivity index (χ0n) is 23.1. The highest BCUT2D eigenvalue weighted by molar-refractivity contribution is 6.45. The van der Waals surface area contributed by atoms with E-state index in [1.54, 1.807) is 51.1 Å². The second-order valence-electron chi connectivity index (χ2n) is 10.3. The molecular formula is C28H32N4O10. The average Bonchev–Trinajstić information content (AvgIpc) is 2.92. The van der Waals surface area contributed by atoms with Gasteiger partial charge in [-0.1, -0.05) is 35.5 Å². The quantitative estimate of drug-likeness (QED) is 0.106. The van der Waals surface area contributed by atoms with E-state index >= 15 is 0 Å². The monoisotopic (exact) mass is 584 g/mol. The van der Waals surface area contributed by atoms with Crippen LogP contribution < -0.4 is 15.4 Å². The molecule has 3 rings (SSSR count). The summed E-state index contributed by atoms with van der Waals surface area (Å²) >= 11 is 0. The SMILES string of the molecule is CC(C)(C)OC(=O)NC(CCOc1ccc(C(=NO)C(=O)NC2CN(C(C(=O)O)c3ccccc3)C2=O)cc1)C(=O)O. The molecule has 0 aromatic heterocycles. The van der Waals surface area contributed by atoms with Crippen molar-refractivity contribution in [2.75, 3.05) is 13.2 Å². The van der Waals surface area contributed by atoms with Crippen molar-refractivity contribution in [1.82, 2.24) is 15.5 Å². The van der Waals surface area contributed by atoms with Gasteiger partial charge >= 0.3 is 18.0 Å². The zero-order valence-corrected chi connectivity index (χ0v) is 23.1. The predicted molar refractivity (Wildman–Crippen MR) is 146 cm³/mol. The number of amides is 3. The summed E-state index contributed by atoms with van der Waals surface area (Å²) in [6.45, 7) is 4.82. The van der Waals surface area contributed by atoms with Crippen LogP contribution in [0.25, 0.3) is 0 Å². The highest BCUT2D eigenvalue weighted by Gasteiger charge is 2.45. The minimum Gasteiger partial charge on any atom is -0.494 e. The summed E-state index contributed by atoms with van der Waals surface area (Å²) in [6.07, 6.45) is -0.941. The maximum absolute atomic E-state index is 12.8. The van der Waals surface area contributed by atoms with Crippen molar-refractivity contribution in [3.05, 3.63) is 65.7 Å². The lowest BCUT2D eigenvalue weighted by molar-refractivity contribution is -0.160. The fourth-order valence-corrected chi connectivity index (χ4v) is 4.06. The lowest BCUT2D eigenvalue weighted by Crippen LogP contribution is -2.66. The Balaban J connectivity index is 1.53. The van der Waals surface area contributed by atoms with Crippen LogP contribution in [0.4, 0.5) is 4.79 Å². The van der Waals surface area contributed by atoms with Gasteiger partial charge in [-0.2, -0.15) is 0 Å². The van der Waals surface area contributed by atoms with Crippen molar-refractivity contribution in [3.8, 4) is 5.75 Å². The van der Waals surface area contributed by atoms with Gasteiger partial charge < -0.3 is 40.4 Å². The Bertz CT molecular complexity index is 1340. The molecule has 42 heavy (non-hydrogen) atoms. The van der Waals surface area contributed by atoms with Gasteiger partial charge in [0.05, 0.1) is 13.2 Å². The standard InChI is InChI=1S/C28H32N4O10/c1-28(2,3)42-27(39)30-19(25(35)36)13-14-41-18-11-9-16(10-12-18)21(31-40)23(33)29-20-15-32(24(20)34)22(26(37)38)17-7-5-4-6-8-17/h4-12,19-20,22,40H,13-15H2,1-3H3,(H,29,33)(H,30,39)(H,35,36)(H,37,38). The molecule has 0 radical (unpaired) electrons. The molecule has 3 atom stereocenters. The summed E-state index contributed by atoms with van der Waals surface area (Å²) in [6, 6.07) is 10.5. The van der Waals surface area contributed by atoms with Gasteiger partial charge in [-0.25, -0.2) is 14.4 Å². The first-order valence-electron chi connectivity index (χ1n) is 12.9. The van der Waals surface area contributed by atoms with Gasteiger partial charge in [0, 0.05) is 12.0 Å². The number of hydrogen-bond donors (Lipinski definition) is 5. The van der Waals surface area contributed by atoms with Gasteiger partial charge in [-0.15, -0.1) is 0 Å². The van der Waals surface area contributed by atoms with Gasteiger partial charge in [-0.05, 0) is 50.6 Å². The fraction of sp³-hybridized carbons (Fsp3) is 0.357. The number of rotatable bonds is 12. The average molecular weight is 585 g/mol. The Hall–Kier alpha value is -5.14. The molecule has 0 spiro atoms. The minimum absolute atomic E-state index is 0.0535. The topological polar surface area (TPSA) is 204 Å². The normalized spacial score (nSPS) is 16.5. The summed E-state index contributed by atoms with van der Waals surface area (Å²) in [5, 5.41) is 36.2. The number of nitrogens with zero attached hydrogens (tertiary/aromatic N) is 2. The van der Waals surface area contributed by atoms with Crippen LogP contribution in [0.2, 0.25) is 0 Å². The largest absolute Gasteiger partial charge is 0.494 e. The number of benzene rings is 2. The van der Waals surface area contributed by atoms with Crippen molar-refractivity contribution in [3.63, 3.8) is 0 Å². The lowest BCUT2D eigenvalue weighted by Gasteiger charge is -2.42. The molecule has 1 aliphatic heterocycles. The molecule has 0 bridgehead atoms. The lowest BCUT2D eigenvalue weighted by atomic mass is 9.98. The Morgan fingerprint density at radius 2 is 1.67 bits per heavy atom. The van der Waals surface area contributed by atoms with Gasteiger partial charge in [-0.3, -0.25) is 9.59 Å². The molecule has 2 aromatic rings. The van der Waals surface area contributed by atoms with Crippen LogP contribution in [0.1, 0.15) is 44.4 Å². The van der Waals surface area contributed by atoms with E-state index in [9.17, 15) is 39.4 Å². The second kappa shape index (κ2) is 13.5. The van der Waals surface area contributed by atoms with E-state index in [1.165, 1.54) is 24.3 Å². The van der Waals surface area contributed by atoms with Gasteiger partial charge in [0.25, 0.3) is 5.91 Å². The third-order valence-electron chi connectivity index (χ3n) is 6.03. The van der Waals surface area contributed by atoms with E-state index in [4.69, 9.17) is 9.47 Å². The Morgan fingerprint density at radius 3 is 2.19 bits per heavy atom. The summed E-state index contributed by atoms with van der Waals surface area (Å²) in [4.78, 5) is 61.7. The number of oxime groups is 1. The molecule has 2 aromatic carbocycles. The summed E-state index contributed by atoms with van der Waals surface area (Å²) in [5.74, 6) is -3.61. The third kappa shape index (κ3) is 8.19. The molecule has 5 N–H and O–H groups in total. The highest BCUT2D eigenvalue weighted by Crippen LogP contribution is 2.27. The number of β-lactam (4-membered cyclic amide) rings is 1. The Morgan fingerprint density at radius 1 is 1.02 bits per heavy atom. The molecule has 0 saturated carbocycles. The van der Waals surface area contributed by atoms with Gasteiger partial charge in [0.1, 0.15) is 23.4 Å². The van der Waals surface area contributed by atoms with Crippen LogP contribution in [-0.2, 0) is 23.9 Å². The number of aliphatic carboxylic acids is 2. The summed E-state index contributed by atoms with van der Waals surface area (Å²) in [7, 11) is 0. The molecule has 14 nitrogen and oxygen atoms in total. The predicted octanol–water partition coefficient (Wildman–Crippen LogP) is 1.76. The van der Waals surface area contributed by atoms with Crippen LogP contribution in [0, 0.1) is 0 Å². The summed E-state index contributed by atoms with van der Waals surface area (Å²) < 4.78 is 10.6. The summed E-state index contributed by atoms with van der Waals surface area (Å²) in [5.41, 5.74) is -0.578. The molecule has 1 saturated heterocycles. The van der Waals surface area contributed by atoms with E-state index in [2.05, 4.69) is 15.8 Å². The molecule has 1 aliphatic rings. The Kier molecular flexibility index (Phi) is 10.1. The van der Waals surface area contributed by atoms with Crippen molar-refractivity contribution in [1.29, 1.82) is 0 Å². The molecule has 224 valence electrons. The molecule has 3 amide bonds. The first kappa shape index (κ1) is 31.4. The Labute approximate surface area is 240 Å². The van der Waals surface area contributed by atoms with Crippen molar-refractivity contribution in [2.24, 2.45) is 5.16 Å². The number of alkyl carbamates (subject to hydrolysis) is 1. The first-order valence-corrected chi connectivity index (χ1v) is 12.9. The molecule has 1 heterocycles. The molecule has 3 unspecified atom stereocenters. The van der Waals surface area contributed by atoms with Gasteiger partial charge in [0.2, 0.25) is 5.91 Å². The first-order chi connectivity index (χ1) is 19.8. The highest BCUT2D eigenvalue weighted by atomic mass is 16.6. The number of carbonyl (C=O) groups is 5. The fourth-order valence-electron chi connectivity index (χ4n) is 4.06. The minimum atomic E-state index is -1.26. The van der Waals surface area contributed by atoms with E-state index in [-0.39, 0.29) is 25.1 Å². The number of hydrogen-bond acceptors (Lipinski definition) is 9. The van der Waals surface area contributed by atoms with Crippen molar-refractivity contribution < 1.29 is 48.9 Å². The molecule has 0 aliphatic carbocycles. The molecule has 1 fully saturated rings. The van der Waals surface area contributed by atoms with E-state index < -0.39 is 59.3 Å². The van der Waals surface area contributed by atoms with Crippen molar-refractivity contribution >= 4 is 35.6 Å². The smallest absolute Gasteiger partial charge is 0.408 e. The maximum Gasteiger partial charge on any atom is 0.408 e. The zero-order chi connectivity index (χ0) is 31.0. The van der Waals surface area contributed by atoms with E-state index in [0.29, 0.717) is 11.3 Å². The number of likely N-dealkylation sites (tertiary alicyclic amines) is 1. The van der Waals surface area contributed by atoms with Gasteiger partial charge in [0.15, 0.2) is 11.8 Å². The van der Waals surface area contributed by atoms with E-state index in [1.807, 2.05) is 0 Å². The number of ether oxygens (including phenoxy) is 2. The van der Waals surface area contributed by atoms with Crippen LogP contribution in [0.15, 0.2) is 59.8 Å². The maximum atomic E-state index is 12.8. The van der Waals surface area contributed by atoms with Crippen LogP contribution in [0.3, 0.4) is 0 Å². The van der Waals surface area contributed by atoms with E-state index in [0.717, 1.165) is 4.90 Å². The number of carbonyl (C=O) groups excluding carboxylic acids is 3. The van der Waals surface area contributed by atoms with Crippen LogP contribution >= 0.6 is 0 Å². The number of nitrogens with one attached hydrogen (secondary N) is 2. The van der Waals surface area contributed by atoms with Crippen LogP contribution in [0.5, 0.6) is 5.75 Å². The number of carboxylic acid groups (broad SMARTS) is 2.